The summed E-state index contributed by atoms with van der Waals surface area (Å²) in [6, 6.07) is 0. The van der Waals surface area contributed by atoms with Gasteiger partial charge in [0.1, 0.15) is 0 Å². The van der Waals surface area contributed by atoms with Gasteiger partial charge in [0.25, 0.3) is 0 Å². The summed E-state index contributed by atoms with van der Waals surface area (Å²) in [5, 5.41) is 3.24. The smallest absolute Gasteiger partial charge is 0.305 e. The molecule has 0 aliphatic heterocycles. The number of nitrogens with zero attached hydrogens (tertiary/aromatic N) is 2. The van der Waals surface area contributed by atoms with Crippen LogP contribution >= 0.6 is 24.0 Å². The average Bonchev–Trinajstić information content (AvgIpc) is 2.39. The Hall–Kier alpha value is -0.790. The molecule has 0 heterocycles. The molecule has 0 spiro atoms. The third kappa shape index (κ3) is 11.1. The number of aliphatic imine (C=N–C) groups is 1. The van der Waals surface area contributed by atoms with Gasteiger partial charge in [0.15, 0.2) is 5.96 Å². The zero-order chi connectivity index (χ0) is 14.5. The highest BCUT2D eigenvalue weighted by atomic mass is 127. The zero-order valence-corrected chi connectivity index (χ0v) is 15.2. The Bertz CT molecular complexity index is 296. The summed E-state index contributed by atoms with van der Waals surface area (Å²) in [5.74, 6) is 0.714. The minimum atomic E-state index is -0.140. The number of allylic oxidation sites excluding steroid dienone is 1. The van der Waals surface area contributed by atoms with Crippen LogP contribution in [0.15, 0.2) is 17.6 Å². The molecule has 0 aliphatic carbocycles. The van der Waals surface area contributed by atoms with Gasteiger partial charge in [0.2, 0.25) is 0 Å². The molecular formula is C14H28IN3O2. The summed E-state index contributed by atoms with van der Waals surface area (Å²) in [7, 11) is 3.77. The Balaban J connectivity index is 0. The number of hydrogen-bond donors (Lipinski definition) is 1. The summed E-state index contributed by atoms with van der Waals surface area (Å²) in [6.07, 6.45) is 5.17. The van der Waals surface area contributed by atoms with E-state index in [9.17, 15) is 4.79 Å². The number of unbranched alkanes of at least 4 members (excludes halogenated alkanes) is 1. The van der Waals surface area contributed by atoms with Crippen LogP contribution in [0.25, 0.3) is 0 Å². The third-order valence-electron chi connectivity index (χ3n) is 2.62. The zero-order valence-electron chi connectivity index (χ0n) is 12.9. The van der Waals surface area contributed by atoms with Crippen LogP contribution < -0.4 is 5.32 Å². The second kappa shape index (κ2) is 14.6. The van der Waals surface area contributed by atoms with Crippen LogP contribution in [-0.4, -0.2) is 50.6 Å². The van der Waals surface area contributed by atoms with Gasteiger partial charge < -0.3 is 15.0 Å². The average molecular weight is 397 g/mol. The number of halogens is 1. The molecule has 0 saturated heterocycles. The van der Waals surface area contributed by atoms with Crippen LogP contribution in [-0.2, 0) is 9.53 Å². The third-order valence-corrected chi connectivity index (χ3v) is 2.62. The molecule has 0 aliphatic rings. The number of hydrogen-bond acceptors (Lipinski definition) is 3. The standard InChI is InChI=1S/C14H27N3O2.HI/c1-5-7-8-12-17(4)14(15-3)16-11-9-10-13(18)19-6-2;/h5H,1,6-12H2,2-4H3,(H,15,16);1H. The lowest BCUT2D eigenvalue weighted by molar-refractivity contribution is -0.143. The molecule has 5 nitrogen and oxygen atoms in total. The van der Waals surface area contributed by atoms with Gasteiger partial charge in [-0.25, -0.2) is 0 Å². The van der Waals surface area contributed by atoms with Gasteiger partial charge in [-0.2, -0.15) is 0 Å². The van der Waals surface area contributed by atoms with Crippen molar-refractivity contribution in [3.05, 3.63) is 12.7 Å². The SMILES string of the molecule is C=CCCCN(C)C(=NC)NCCCC(=O)OCC.I. The number of carbonyl (C=O) groups is 1. The largest absolute Gasteiger partial charge is 0.466 e. The predicted molar refractivity (Wildman–Crippen MR) is 94.7 cm³/mol. The van der Waals surface area contributed by atoms with Crippen LogP contribution in [0.3, 0.4) is 0 Å². The quantitative estimate of drug-likeness (QED) is 0.162. The lowest BCUT2D eigenvalue weighted by Crippen LogP contribution is -2.39. The molecule has 0 aromatic carbocycles. The molecule has 0 rings (SSSR count). The van der Waals surface area contributed by atoms with Crippen molar-refractivity contribution in [2.45, 2.75) is 32.6 Å². The van der Waals surface area contributed by atoms with Crippen LogP contribution in [0.4, 0.5) is 0 Å². The van der Waals surface area contributed by atoms with Gasteiger partial charge in [-0.3, -0.25) is 9.79 Å². The number of nitrogens with one attached hydrogen (secondary N) is 1. The highest BCUT2D eigenvalue weighted by molar-refractivity contribution is 14.0. The van der Waals surface area contributed by atoms with Gasteiger partial charge in [0, 0.05) is 33.6 Å². The monoisotopic (exact) mass is 397 g/mol. The molecule has 118 valence electrons. The molecule has 0 amide bonds. The maximum absolute atomic E-state index is 11.2. The molecular weight excluding hydrogens is 369 g/mol. The molecule has 0 unspecified atom stereocenters. The molecule has 0 atom stereocenters. The molecule has 0 aromatic heterocycles. The Morgan fingerprint density at radius 1 is 1.45 bits per heavy atom. The van der Waals surface area contributed by atoms with Gasteiger partial charge in [-0.1, -0.05) is 6.08 Å². The molecule has 6 heteroatoms. The summed E-state index contributed by atoms with van der Waals surface area (Å²) in [5.41, 5.74) is 0. The van der Waals surface area contributed by atoms with Gasteiger partial charge in [-0.05, 0) is 26.2 Å². The summed E-state index contributed by atoms with van der Waals surface area (Å²) in [6.45, 7) is 7.62. The van der Waals surface area contributed by atoms with Crippen LogP contribution in [0.2, 0.25) is 0 Å². The van der Waals surface area contributed by atoms with E-state index in [1.165, 1.54) is 0 Å². The molecule has 20 heavy (non-hydrogen) atoms. The highest BCUT2D eigenvalue weighted by Crippen LogP contribution is 1.95. The first kappa shape index (κ1) is 21.5. The second-order valence-electron chi connectivity index (χ2n) is 4.24. The number of rotatable bonds is 9. The number of ether oxygens (including phenoxy) is 1. The van der Waals surface area contributed by atoms with Crippen molar-refractivity contribution in [3.63, 3.8) is 0 Å². The van der Waals surface area contributed by atoms with Gasteiger partial charge in [0.05, 0.1) is 6.61 Å². The van der Waals surface area contributed by atoms with E-state index < -0.39 is 0 Å². The fourth-order valence-corrected chi connectivity index (χ4v) is 1.63. The molecule has 0 radical (unpaired) electrons. The fourth-order valence-electron chi connectivity index (χ4n) is 1.63. The van der Waals surface area contributed by atoms with E-state index >= 15 is 0 Å². The lowest BCUT2D eigenvalue weighted by atomic mass is 10.3. The lowest BCUT2D eigenvalue weighted by Gasteiger charge is -2.21. The van der Waals surface area contributed by atoms with Gasteiger partial charge in [-0.15, -0.1) is 30.6 Å². The summed E-state index contributed by atoms with van der Waals surface area (Å²) < 4.78 is 4.87. The number of guanidine groups is 1. The molecule has 0 saturated carbocycles. The van der Waals surface area contributed by atoms with Crippen molar-refractivity contribution in [2.75, 3.05) is 33.8 Å². The topological polar surface area (TPSA) is 53.9 Å². The first-order chi connectivity index (χ1) is 9.15. The minimum absolute atomic E-state index is 0. The first-order valence-corrected chi connectivity index (χ1v) is 6.84. The Morgan fingerprint density at radius 2 is 2.15 bits per heavy atom. The van der Waals surface area contributed by atoms with Crippen LogP contribution in [0.5, 0.6) is 0 Å². The minimum Gasteiger partial charge on any atom is -0.466 e. The van der Waals surface area contributed by atoms with Crippen molar-refractivity contribution in [3.8, 4) is 0 Å². The summed E-state index contributed by atoms with van der Waals surface area (Å²) >= 11 is 0. The highest BCUT2D eigenvalue weighted by Gasteiger charge is 2.05. The van der Waals surface area contributed by atoms with E-state index in [0.717, 1.165) is 38.3 Å². The van der Waals surface area contributed by atoms with Crippen molar-refractivity contribution in [1.29, 1.82) is 0 Å². The van der Waals surface area contributed by atoms with Crippen LogP contribution in [0, 0.1) is 0 Å². The second-order valence-corrected chi connectivity index (χ2v) is 4.24. The molecule has 0 aromatic rings. The number of carbonyl (C=O) groups excluding carboxylic acids is 1. The van der Waals surface area contributed by atoms with E-state index in [-0.39, 0.29) is 29.9 Å². The number of esters is 1. The Morgan fingerprint density at radius 3 is 2.70 bits per heavy atom. The summed E-state index contributed by atoms with van der Waals surface area (Å²) in [4.78, 5) is 17.5. The van der Waals surface area contributed by atoms with Crippen molar-refractivity contribution < 1.29 is 9.53 Å². The maximum atomic E-state index is 11.2. The van der Waals surface area contributed by atoms with Crippen molar-refractivity contribution in [2.24, 2.45) is 4.99 Å². The van der Waals surface area contributed by atoms with E-state index in [0.29, 0.717) is 13.0 Å². The molecule has 0 fully saturated rings. The van der Waals surface area contributed by atoms with Gasteiger partial charge >= 0.3 is 5.97 Å². The molecule has 0 bridgehead atoms. The normalized spacial score (nSPS) is 10.4. The predicted octanol–water partition coefficient (Wildman–Crippen LogP) is 2.42. The fraction of sp³-hybridized carbons (Fsp3) is 0.714. The Labute approximate surface area is 139 Å². The van der Waals surface area contributed by atoms with Crippen molar-refractivity contribution in [1.82, 2.24) is 10.2 Å². The Kier molecular flexibility index (Phi) is 15.7. The molecule has 1 N–H and O–H groups in total. The maximum Gasteiger partial charge on any atom is 0.305 e. The van der Waals surface area contributed by atoms with E-state index in [1.807, 2.05) is 20.0 Å². The first-order valence-electron chi connectivity index (χ1n) is 6.84. The van der Waals surface area contributed by atoms with E-state index in [2.05, 4.69) is 21.8 Å². The van der Waals surface area contributed by atoms with Crippen molar-refractivity contribution >= 4 is 35.9 Å². The van der Waals surface area contributed by atoms with E-state index in [4.69, 9.17) is 4.74 Å². The van der Waals surface area contributed by atoms with E-state index in [1.54, 1.807) is 7.05 Å². The van der Waals surface area contributed by atoms with Crippen LogP contribution in [0.1, 0.15) is 32.6 Å².